The fourth-order valence-electron chi connectivity index (χ4n) is 8.90. The summed E-state index contributed by atoms with van der Waals surface area (Å²) < 4.78 is 16.9. The molecular weight excluding hydrogens is 901 g/mol. The van der Waals surface area contributed by atoms with Gasteiger partial charge in [-0.25, -0.2) is 0 Å². The molecule has 0 fully saturated rings. The molecule has 422 valence electrons. The van der Waals surface area contributed by atoms with Crippen LogP contribution in [-0.4, -0.2) is 37.2 Å². The lowest BCUT2D eigenvalue weighted by Gasteiger charge is -2.18. The molecule has 73 heavy (non-hydrogen) atoms. The van der Waals surface area contributed by atoms with E-state index in [0.29, 0.717) is 19.3 Å². The van der Waals surface area contributed by atoms with Crippen molar-refractivity contribution in [2.45, 2.75) is 322 Å². The largest absolute Gasteiger partial charge is 0.462 e. The Labute approximate surface area is 453 Å². The van der Waals surface area contributed by atoms with E-state index in [4.69, 9.17) is 14.2 Å². The van der Waals surface area contributed by atoms with Crippen LogP contribution in [0.3, 0.4) is 0 Å². The van der Waals surface area contributed by atoms with Crippen LogP contribution < -0.4 is 0 Å². The average Bonchev–Trinajstić information content (AvgIpc) is 3.39. The highest BCUT2D eigenvalue weighted by molar-refractivity contribution is 5.71. The highest BCUT2D eigenvalue weighted by Gasteiger charge is 2.19. The zero-order chi connectivity index (χ0) is 52.9. The molecule has 0 heterocycles. The van der Waals surface area contributed by atoms with E-state index in [1.54, 1.807) is 0 Å². The minimum atomic E-state index is -0.788. The smallest absolute Gasteiger partial charge is 0.306 e. The molecule has 0 aromatic heterocycles. The molecule has 0 saturated heterocycles. The molecule has 0 aliphatic heterocycles. The van der Waals surface area contributed by atoms with Crippen molar-refractivity contribution in [1.82, 2.24) is 0 Å². The lowest BCUT2D eigenvalue weighted by Crippen LogP contribution is -2.30. The van der Waals surface area contributed by atoms with Gasteiger partial charge in [0.25, 0.3) is 0 Å². The van der Waals surface area contributed by atoms with E-state index in [1.165, 1.54) is 161 Å². The first-order valence-electron chi connectivity index (χ1n) is 31.4. The third kappa shape index (κ3) is 59.6. The molecule has 0 aromatic carbocycles. The molecule has 0 saturated carbocycles. The normalized spacial score (nSPS) is 12.5. The second-order valence-electron chi connectivity index (χ2n) is 21.0. The summed E-state index contributed by atoms with van der Waals surface area (Å²) in [5.41, 5.74) is 0. The van der Waals surface area contributed by atoms with Crippen molar-refractivity contribution < 1.29 is 28.6 Å². The van der Waals surface area contributed by atoms with Crippen molar-refractivity contribution >= 4 is 17.9 Å². The molecule has 0 spiro atoms. The van der Waals surface area contributed by atoms with Gasteiger partial charge in [-0.15, -0.1) is 0 Å². The SMILES string of the molecule is CCC/C=C\C/C=C\CCCCCCCC(=O)OCC(COC(=O)CCCCCCCCCCCCCCCCC/C=C\C/C=C\CCCCCCC)OC(=O)CCCCCCC/C=C\C/C=C\CCCCC. The first kappa shape index (κ1) is 69.8. The summed E-state index contributed by atoms with van der Waals surface area (Å²) in [6, 6.07) is 0. The highest BCUT2D eigenvalue weighted by Crippen LogP contribution is 2.16. The molecule has 0 bridgehead atoms. The molecule has 0 radical (unpaired) electrons. The van der Waals surface area contributed by atoms with Crippen LogP contribution in [0.4, 0.5) is 0 Å². The predicted octanol–water partition coefficient (Wildman–Crippen LogP) is 21.3. The van der Waals surface area contributed by atoms with Crippen LogP contribution >= 0.6 is 0 Å². The van der Waals surface area contributed by atoms with Crippen LogP contribution in [0.5, 0.6) is 0 Å². The van der Waals surface area contributed by atoms with Gasteiger partial charge in [0.2, 0.25) is 0 Å². The van der Waals surface area contributed by atoms with Crippen LogP contribution in [0.1, 0.15) is 316 Å². The van der Waals surface area contributed by atoms with Crippen LogP contribution in [0.15, 0.2) is 72.9 Å². The van der Waals surface area contributed by atoms with E-state index in [1.807, 2.05) is 0 Å². The van der Waals surface area contributed by atoms with E-state index in [2.05, 4.69) is 93.7 Å². The number of rotatable bonds is 57. The number of hydrogen-bond donors (Lipinski definition) is 0. The number of allylic oxidation sites excluding steroid dienone is 12. The topological polar surface area (TPSA) is 78.9 Å². The number of hydrogen-bond acceptors (Lipinski definition) is 6. The lowest BCUT2D eigenvalue weighted by atomic mass is 10.0. The Kier molecular flexibility index (Phi) is 58.7. The summed E-state index contributed by atoms with van der Waals surface area (Å²) in [7, 11) is 0. The van der Waals surface area contributed by atoms with Gasteiger partial charge in [-0.1, -0.05) is 261 Å². The van der Waals surface area contributed by atoms with Crippen molar-refractivity contribution in [3.63, 3.8) is 0 Å². The fourth-order valence-corrected chi connectivity index (χ4v) is 8.90. The molecule has 0 N–H and O–H groups in total. The maximum Gasteiger partial charge on any atom is 0.306 e. The van der Waals surface area contributed by atoms with Gasteiger partial charge in [0.05, 0.1) is 0 Å². The quantitative estimate of drug-likeness (QED) is 0.0261. The standard InChI is InChI=1S/C67H118O6/c1-4-7-10-13-16-19-22-25-27-28-29-30-31-32-33-34-35-36-37-38-40-42-45-48-51-54-57-60-66(69)72-63-64(62-71-65(68)59-56-53-50-47-44-41-24-21-18-15-12-9-6-3)73-67(70)61-58-55-52-49-46-43-39-26-23-20-17-14-11-8-5-2/h12,15,17,20-22,24-26,28-29,39,64H,4-11,13-14,16,18-19,23,27,30-38,40-63H2,1-3H3/b15-12-,20-17-,24-21-,25-22-,29-28-,39-26-. The molecule has 0 aliphatic carbocycles. The highest BCUT2D eigenvalue weighted by atomic mass is 16.6. The van der Waals surface area contributed by atoms with Gasteiger partial charge in [-0.05, 0) is 109 Å². The van der Waals surface area contributed by atoms with Crippen molar-refractivity contribution in [3.8, 4) is 0 Å². The summed E-state index contributed by atoms with van der Waals surface area (Å²) in [6.45, 7) is 6.54. The van der Waals surface area contributed by atoms with Crippen LogP contribution in [0, 0.1) is 0 Å². The van der Waals surface area contributed by atoms with E-state index in [-0.39, 0.29) is 31.1 Å². The fraction of sp³-hybridized carbons (Fsp3) is 0.776. The maximum atomic E-state index is 12.9. The summed E-state index contributed by atoms with van der Waals surface area (Å²) >= 11 is 0. The Morgan fingerprint density at radius 2 is 0.521 bits per heavy atom. The monoisotopic (exact) mass is 1020 g/mol. The minimum Gasteiger partial charge on any atom is -0.462 e. The zero-order valence-corrected chi connectivity index (χ0v) is 48.4. The Hall–Kier alpha value is -3.15. The van der Waals surface area contributed by atoms with E-state index in [9.17, 15) is 14.4 Å². The predicted molar refractivity (Wildman–Crippen MR) is 316 cm³/mol. The maximum absolute atomic E-state index is 12.9. The van der Waals surface area contributed by atoms with Gasteiger partial charge < -0.3 is 14.2 Å². The third-order valence-electron chi connectivity index (χ3n) is 13.6. The molecule has 0 rings (SSSR count). The average molecular weight is 1020 g/mol. The van der Waals surface area contributed by atoms with Crippen molar-refractivity contribution in [1.29, 1.82) is 0 Å². The van der Waals surface area contributed by atoms with Crippen LogP contribution in [0.25, 0.3) is 0 Å². The first-order chi connectivity index (χ1) is 36.0. The second kappa shape index (κ2) is 61.4. The first-order valence-corrected chi connectivity index (χ1v) is 31.4. The minimum absolute atomic E-state index is 0.0842. The number of esters is 3. The van der Waals surface area contributed by atoms with E-state index >= 15 is 0 Å². The van der Waals surface area contributed by atoms with Crippen LogP contribution in [-0.2, 0) is 28.6 Å². The number of ether oxygens (including phenoxy) is 3. The van der Waals surface area contributed by atoms with E-state index < -0.39 is 6.10 Å². The molecular formula is C67H118O6. The Morgan fingerprint density at radius 3 is 0.836 bits per heavy atom. The second-order valence-corrected chi connectivity index (χ2v) is 21.0. The Balaban J connectivity index is 4.24. The molecule has 0 aromatic rings. The summed E-state index contributed by atoms with van der Waals surface area (Å²) in [5.74, 6) is -0.902. The summed E-state index contributed by atoms with van der Waals surface area (Å²) in [6.07, 6.45) is 79.1. The third-order valence-corrected chi connectivity index (χ3v) is 13.6. The number of unbranched alkanes of at least 4 members (excludes halogenated alkanes) is 34. The molecule has 6 nitrogen and oxygen atoms in total. The lowest BCUT2D eigenvalue weighted by molar-refractivity contribution is -0.167. The van der Waals surface area contributed by atoms with Gasteiger partial charge in [-0.3, -0.25) is 14.4 Å². The molecule has 6 heteroatoms. The van der Waals surface area contributed by atoms with Gasteiger partial charge in [0.1, 0.15) is 13.2 Å². The molecule has 0 amide bonds. The summed E-state index contributed by atoms with van der Waals surface area (Å²) in [5, 5.41) is 0. The van der Waals surface area contributed by atoms with Crippen molar-refractivity contribution in [2.75, 3.05) is 13.2 Å². The van der Waals surface area contributed by atoms with E-state index in [0.717, 1.165) is 116 Å². The van der Waals surface area contributed by atoms with Gasteiger partial charge in [-0.2, -0.15) is 0 Å². The Morgan fingerprint density at radius 1 is 0.274 bits per heavy atom. The molecule has 1 atom stereocenters. The van der Waals surface area contributed by atoms with Gasteiger partial charge in [0.15, 0.2) is 6.10 Å². The van der Waals surface area contributed by atoms with Gasteiger partial charge in [0, 0.05) is 19.3 Å². The molecule has 0 aliphatic rings. The van der Waals surface area contributed by atoms with Gasteiger partial charge >= 0.3 is 17.9 Å². The van der Waals surface area contributed by atoms with Crippen molar-refractivity contribution in [3.05, 3.63) is 72.9 Å². The summed E-state index contributed by atoms with van der Waals surface area (Å²) in [4.78, 5) is 38.2. The number of carbonyl (C=O) groups excluding carboxylic acids is 3. The van der Waals surface area contributed by atoms with Crippen LogP contribution in [0.2, 0.25) is 0 Å². The number of carbonyl (C=O) groups is 3. The molecule has 1 unspecified atom stereocenters. The van der Waals surface area contributed by atoms with Crippen molar-refractivity contribution in [2.24, 2.45) is 0 Å². The Bertz CT molecular complexity index is 1360. The zero-order valence-electron chi connectivity index (χ0n) is 48.4.